The van der Waals surface area contributed by atoms with Crippen molar-refractivity contribution in [1.82, 2.24) is 4.67 Å². The summed E-state index contributed by atoms with van der Waals surface area (Å²) in [5.41, 5.74) is 1.20. The van der Waals surface area contributed by atoms with Gasteiger partial charge in [-0.1, -0.05) is 48.6 Å². The van der Waals surface area contributed by atoms with E-state index in [0.717, 1.165) is 0 Å². The Morgan fingerprint density at radius 2 is 1.06 bits per heavy atom. The molecule has 0 bridgehead atoms. The number of hydrogen-bond acceptors (Lipinski definition) is 1. The first-order valence-corrected chi connectivity index (χ1v) is 8.31. The van der Waals surface area contributed by atoms with E-state index in [9.17, 15) is 0 Å². The fraction of sp³-hybridized carbons (Fsp3) is 0.500. The van der Waals surface area contributed by atoms with Crippen LogP contribution in [0.2, 0.25) is 0 Å². The molecule has 0 aliphatic heterocycles. The van der Waals surface area contributed by atoms with Gasteiger partial charge in [0, 0.05) is 23.4 Å². The summed E-state index contributed by atoms with van der Waals surface area (Å²) in [6.45, 7) is 9.28. The fourth-order valence-electron chi connectivity index (χ4n) is 2.83. The number of allylic oxidation sites excluding steroid dienone is 8. The normalized spacial score (nSPS) is 19.8. The zero-order valence-corrected chi connectivity index (χ0v) is 12.7. The molecular weight excluding hydrogens is 237 g/mol. The fourth-order valence-corrected chi connectivity index (χ4v) is 6.01. The Labute approximate surface area is 113 Å². The molecule has 0 aromatic carbocycles. The summed E-state index contributed by atoms with van der Waals surface area (Å²) < 4.78 is 2.71. The SMILES string of the molecule is CC(C)N(C(C)C)P(C1C=CC=C1)C1C=CC=C1. The van der Waals surface area contributed by atoms with Gasteiger partial charge in [-0.05, 0) is 35.8 Å². The van der Waals surface area contributed by atoms with Gasteiger partial charge in [0.25, 0.3) is 0 Å². The Morgan fingerprint density at radius 3 is 1.33 bits per heavy atom. The maximum Gasteiger partial charge on any atom is 0.0298 e. The van der Waals surface area contributed by atoms with Crippen LogP contribution in [0.3, 0.4) is 0 Å². The van der Waals surface area contributed by atoms with E-state index in [1.54, 1.807) is 0 Å². The lowest BCUT2D eigenvalue weighted by Gasteiger charge is -2.42. The Balaban J connectivity index is 2.27. The van der Waals surface area contributed by atoms with Crippen LogP contribution in [0.5, 0.6) is 0 Å². The largest absolute Gasteiger partial charge is 0.276 e. The van der Waals surface area contributed by atoms with Crippen LogP contribution >= 0.6 is 8.07 Å². The van der Waals surface area contributed by atoms with E-state index >= 15 is 0 Å². The molecule has 0 N–H and O–H groups in total. The van der Waals surface area contributed by atoms with E-state index in [-0.39, 0.29) is 8.07 Å². The van der Waals surface area contributed by atoms with E-state index < -0.39 is 0 Å². The van der Waals surface area contributed by atoms with Crippen LogP contribution in [0.4, 0.5) is 0 Å². The third-order valence-corrected chi connectivity index (χ3v) is 6.76. The van der Waals surface area contributed by atoms with Gasteiger partial charge in [0.1, 0.15) is 0 Å². The Hall–Kier alpha value is -0.650. The van der Waals surface area contributed by atoms with Crippen LogP contribution in [0.25, 0.3) is 0 Å². The molecule has 2 aliphatic rings. The molecule has 0 heterocycles. The second kappa shape index (κ2) is 5.99. The molecule has 0 aromatic heterocycles. The quantitative estimate of drug-likeness (QED) is 0.659. The molecule has 1 nitrogen and oxygen atoms in total. The van der Waals surface area contributed by atoms with Gasteiger partial charge in [0.2, 0.25) is 0 Å². The highest BCUT2D eigenvalue weighted by molar-refractivity contribution is 7.57. The number of nitrogens with zero attached hydrogens (tertiary/aromatic N) is 1. The molecule has 0 amide bonds. The minimum Gasteiger partial charge on any atom is -0.276 e. The summed E-state index contributed by atoms with van der Waals surface area (Å²) >= 11 is 0. The summed E-state index contributed by atoms with van der Waals surface area (Å²) in [6, 6.07) is 1.20. The van der Waals surface area contributed by atoms with Crippen molar-refractivity contribution in [2.75, 3.05) is 0 Å². The molecule has 2 heteroatoms. The lowest BCUT2D eigenvalue weighted by atomic mass is 10.3. The van der Waals surface area contributed by atoms with Crippen LogP contribution in [0, 0.1) is 0 Å². The van der Waals surface area contributed by atoms with E-state index in [2.05, 4.69) is 81.0 Å². The molecule has 0 aromatic rings. The molecule has 0 saturated heterocycles. The first kappa shape index (κ1) is 13.8. The van der Waals surface area contributed by atoms with Gasteiger partial charge in [-0.3, -0.25) is 4.67 Å². The lowest BCUT2D eigenvalue weighted by molar-refractivity contribution is 0.320. The molecule has 0 fully saturated rings. The lowest BCUT2D eigenvalue weighted by Crippen LogP contribution is -2.37. The molecule has 98 valence electrons. The molecule has 2 rings (SSSR count). The van der Waals surface area contributed by atoms with Crippen molar-refractivity contribution in [2.45, 2.75) is 51.1 Å². The summed E-state index contributed by atoms with van der Waals surface area (Å²) in [4.78, 5) is 0. The summed E-state index contributed by atoms with van der Waals surface area (Å²) in [6.07, 6.45) is 18.2. The number of hydrogen-bond donors (Lipinski definition) is 0. The van der Waals surface area contributed by atoms with Crippen molar-refractivity contribution < 1.29 is 0 Å². The highest BCUT2D eigenvalue weighted by Gasteiger charge is 2.33. The van der Waals surface area contributed by atoms with Gasteiger partial charge in [0.05, 0.1) is 0 Å². The van der Waals surface area contributed by atoms with Crippen molar-refractivity contribution in [3.63, 3.8) is 0 Å². The maximum absolute atomic E-state index is 2.71. The van der Waals surface area contributed by atoms with Crippen LogP contribution < -0.4 is 0 Å². The minimum absolute atomic E-state index is 0.219. The molecule has 2 aliphatic carbocycles. The zero-order chi connectivity index (χ0) is 13.1. The van der Waals surface area contributed by atoms with Gasteiger partial charge in [-0.25, -0.2) is 0 Å². The summed E-state index contributed by atoms with van der Waals surface area (Å²) in [5, 5.41) is 0. The Kier molecular flexibility index (Phi) is 4.59. The van der Waals surface area contributed by atoms with Crippen molar-refractivity contribution in [3.8, 4) is 0 Å². The molecule has 0 unspecified atom stereocenters. The van der Waals surface area contributed by atoms with Crippen molar-refractivity contribution in [3.05, 3.63) is 48.6 Å². The van der Waals surface area contributed by atoms with E-state index in [1.165, 1.54) is 0 Å². The maximum atomic E-state index is 2.71. The molecule has 0 atom stereocenters. The zero-order valence-electron chi connectivity index (χ0n) is 11.8. The standard InChI is InChI=1S/C16H24NP/c1-13(2)17(14(3)4)18(15-9-5-6-10-15)16-11-7-8-12-16/h5-16H,1-4H3. The predicted molar refractivity (Wildman–Crippen MR) is 83.2 cm³/mol. The van der Waals surface area contributed by atoms with Gasteiger partial charge in [-0.15, -0.1) is 0 Å². The van der Waals surface area contributed by atoms with Crippen LogP contribution in [0.15, 0.2) is 48.6 Å². The first-order chi connectivity index (χ1) is 8.61. The third kappa shape index (κ3) is 2.84. The van der Waals surface area contributed by atoms with Gasteiger partial charge in [-0.2, -0.15) is 0 Å². The third-order valence-electron chi connectivity index (χ3n) is 3.39. The monoisotopic (exact) mass is 261 g/mol. The Bertz CT molecular complexity index is 330. The van der Waals surface area contributed by atoms with Crippen molar-refractivity contribution in [1.29, 1.82) is 0 Å². The first-order valence-electron chi connectivity index (χ1n) is 6.88. The minimum atomic E-state index is -0.219. The highest BCUT2D eigenvalue weighted by atomic mass is 31.1. The van der Waals surface area contributed by atoms with Crippen molar-refractivity contribution in [2.24, 2.45) is 0 Å². The second-order valence-corrected chi connectivity index (χ2v) is 7.88. The molecular formula is C16H24NP. The molecule has 0 spiro atoms. The molecule has 0 saturated carbocycles. The van der Waals surface area contributed by atoms with Gasteiger partial charge >= 0.3 is 0 Å². The summed E-state index contributed by atoms with van der Waals surface area (Å²) in [7, 11) is -0.219. The predicted octanol–water partition coefficient (Wildman–Crippen LogP) is 4.49. The Morgan fingerprint density at radius 1 is 0.722 bits per heavy atom. The van der Waals surface area contributed by atoms with E-state index in [1.807, 2.05) is 0 Å². The highest BCUT2D eigenvalue weighted by Crippen LogP contribution is 2.55. The van der Waals surface area contributed by atoms with Gasteiger partial charge in [0.15, 0.2) is 0 Å². The number of rotatable bonds is 5. The van der Waals surface area contributed by atoms with E-state index in [0.29, 0.717) is 23.4 Å². The van der Waals surface area contributed by atoms with Crippen LogP contribution in [0.1, 0.15) is 27.7 Å². The smallest absolute Gasteiger partial charge is 0.0298 e. The van der Waals surface area contributed by atoms with Crippen molar-refractivity contribution >= 4 is 8.07 Å². The summed E-state index contributed by atoms with van der Waals surface area (Å²) in [5.74, 6) is 0. The van der Waals surface area contributed by atoms with Crippen LogP contribution in [-0.2, 0) is 0 Å². The molecule has 18 heavy (non-hydrogen) atoms. The average molecular weight is 261 g/mol. The van der Waals surface area contributed by atoms with Gasteiger partial charge < -0.3 is 0 Å². The van der Waals surface area contributed by atoms with E-state index in [4.69, 9.17) is 0 Å². The average Bonchev–Trinajstić information content (AvgIpc) is 2.98. The molecule has 0 radical (unpaired) electrons. The topological polar surface area (TPSA) is 3.24 Å². The second-order valence-electron chi connectivity index (χ2n) is 5.47. The van der Waals surface area contributed by atoms with Crippen LogP contribution in [-0.4, -0.2) is 28.1 Å².